The number of fused-ring (bicyclic) bond motifs is 1. The molecule has 4 heteroatoms. The number of hydrogen-bond donors (Lipinski definition) is 0. The van der Waals surface area contributed by atoms with Crippen molar-refractivity contribution in [2.45, 2.75) is 75.2 Å². The number of benzene rings is 1. The van der Waals surface area contributed by atoms with E-state index >= 15 is 0 Å². The van der Waals surface area contributed by atoms with Gasteiger partial charge in [-0.3, -0.25) is 4.90 Å². The lowest BCUT2D eigenvalue weighted by atomic mass is 9.50. The highest BCUT2D eigenvalue weighted by Gasteiger charge is 2.71. The standard InChI is InChI=1S/C24H31NO3/c1-15-5-6-17-13-19-18-7-8-24(26-11-12-27-24)22-23(18,20(17)21(15)28-22)9-10-25(19)14-16-3-2-4-16/h5-6,16,18-19,22H,2-4,7-14H2,1H3/t18-,19?,22+,23-/m1/s1. The minimum Gasteiger partial charge on any atom is -0.483 e. The van der Waals surface area contributed by atoms with Crippen LogP contribution in [0, 0.1) is 18.8 Å². The number of nitrogens with zero attached hydrogens (tertiary/aromatic N) is 1. The van der Waals surface area contributed by atoms with Crippen LogP contribution in [0.5, 0.6) is 5.75 Å². The van der Waals surface area contributed by atoms with Gasteiger partial charge in [0.25, 0.3) is 0 Å². The van der Waals surface area contributed by atoms with E-state index in [1.165, 1.54) is 68.5 Å². The quantitative estimate of drug-likeness (QED) is 0.784. The third-order valence-electron chi connectivity index (χ3n) is 9.14. The molecular formula is C24H31NO3. The molecule has 2 bridgehead atoms. The minimum atomic E-state index is -0.517. The fraction of sp³-hybridized carbons (Fsp3) is 0.750. The largest absolute Gasteiger partial charge is 0.483 e. The molecule has 1 aromatic rings. The molecule has 7 rings (SSSR count). The molecular weight excluding hydrogens is 350 g/mol. The topological polar surface area (TPSA) is 30.9 Å². The summed E-state index contributed by atoms with van der Waals surface area (Å²) in [7, 11) is 0. The van der Waals surface area contributed by atoms with Gasteiger partial charge in [0.1, 0.15) is 5.75 Å². The van der Waals surface area contributed by atoms with E-state index in [-0.39, 0.29) is 11.5 Å². The Hall–Kier alpha value is -1.10. The molecule has 150 valence electrons. The van der Waals surface area contributed by atoms with Crippen LogP contribution < -0.4 is 4.74 Å². The van der Waals surface area contributed by atoms with E-state index in [9.17, 15) is 0 Å². The van der Waals surface area contributed by atoms with Crippen molar-refractivity contribution in [2.75, 3.05) is 26.3 Å². The molecule has 1 unspecified atom stereocenters. The molecule has 2 spiro atoms. The smallest absolute Gasteiger partial charge is 0.206 e. The maximum atomic E-state index is 6.83. The van der Waals surface area contributed by atoms with E-state index in [1.54, 1.807) is 5.56 Å². The van der Waals surface area contributed by atoms with Crippen LogP contribution in [0.25, 0.3) is 0 Å². The van der Waals surface area contributed by atoms with E-state index in [1.807, 2.05) is 0 Å². The van der Waals surface area contributed by atoms with Crippen LogP contribution in [0.3, 0.4) is 0 Å². The van der Waals surface area contributed by atoms with Crippen molar-refractivity contribution in [1.29, 1.82) is 0 Å². The Morgan fingerprint density at radius 3 is 2.75 bits per heavy atom. The predicted octanol–water partition coefficient (Wildman–Crippen LogP) is 3.58. The molecule has 4 fully saturated rings. The van der Waals surface area contributed by atoms with E-state index in [0.29, 0.717) is 25.2 Å². The molecule has 3 aliphatic carbocycles. The lowest BCUT2D eigenvalue weighted by molar-refractivity contribution is -0.261. The lowest BCUT2D eigenvalue weighted by Gasteiger charge is -2.61. The zero-order valence-corrected chi connectivity index (χ0v) is 16.9. The van der Waals surface area contributed by atoms with Crippen LogP contribution in [0.2, 0.25) is 0 Å². The first-order valence-electron chi connectivity index (χ1n) is 11.5. The van der Waals surface area contributed by atoms with Crippen LogP contribution in [0.4, 0.5) is 0 Å². The van der Waals surface area contributed by atoms with Gasteiger partial charge in [-0.1, -0.05) is 18.6 Å². The molecule has 3 aliphatic heterocycles. The van der Waals surface area contributed by atoms with Crippen molar-refractivity contribution in [2.24, 2.45) is 11.8 Å². The zero-order valence-electron chi connectivity index (χ0n) is 16.9. The molecule has 1 aromatic carbocycles. The van der Waals surface area contributed by atoms with Gasteiger partial charge in [0, 0.05) is 30.0 Å². The van der Waals surface area contributed by atoms with Gasteiger partial charge >= 0.3 is 0 Å². The van der Waals surface area contributed by atoms with Crippen molar-refractivity contribution in [3.8, 4) is 5.75 Å². The highest BCUT2D eigenvalue weighted by Crippen LogP contribution is 2.65. The Morgan fingerprint density at radius 1 is 1.11 bits per heavy atom. The van der Waals surface area contributed by atoms with Crippen LogP contribution >= 0.6 is 0 Å². The predicted molar refractivity (Wildman–Crippen MR) is 106 cm³/mol. The second kappa shape index (κ2) is 5.53. The van der Waals surface area contributed by atoms with Gasteiger partial charge in [0.05, 0.1) is 13.2 Å². The summed E-state index contributed by atoms with van der Waals surface area (Å²) >= 11 is 0. The van der Waals surface area contributed by atoms with Gasteiger partial charge in [-0.05, 0) is 68.5 Å². The summed E-state index contributed by atoms with van der Waals surface area (Å²) in [6.07, 6.45) is 8.94. The molecule has 0 N–H and O–H groups in total. The van der Waals surface area contributed by atoms with Gasteiger partial charge in [0.15, 0.2) is 6.10 Å². The molecule has 2 saturated carbocycles. The first kappa shape index (κ1) is 16.7. The SMILES string of the molecule is Cc1ccc2c3c1O[C@@H]1C4(CC[C@@H]5C(C2)N(CC2CCC2)CC[C@]351)OCCO4. The van der Waals surface area contributed by atoms with Gasteiger partial charge < -0.3 is 14.2 Å². The Bertz CT molecular complexity index is 827. The molecule has 2 saturated heterocycles. The van der Waals surface area contributed by atoms with Crippen molar-refractivity contribution < 1.29 is 14.2 Å². The first-order valence-corrected chi connectivity index (χ1v) is 11.5. The summed E-state index contributed by atoms with van der Waals surface area (Å²) in [4.78, 5) is 2.87. The summed E-state index contributed by atoms with van der Waals surface area (Å²) in [5.41, 5.74) is 4.46. The summed E-state index contributed by atoms with van der Waals surface area (Å²) in [6, 6.07) is 5.34. The lowest BCUT2D eigenvalue weighted by Crippen LogP contribution is -2.70. The maximum absolute atomic E-state index is 6.83. The van der Waals surface area contributed by atoms with E-state index < -0.39 is 5.79 Å². The van der Waals surface area contributed by atoms with Crippen LogP contribution in [0.15, 0.2) is 12.1 Å². The maximum Gasteiger partial charge on any atom is 0.206 e. The summed E-state index contributed by atoms with van der Waals surface area (Å²) < 4.78 is 19.5. The first-order chi connectivity index (χ1) is 13.7. The summed E-state index contributed by atoms with van der Waals surface area (Å²) in [5, 5.41) is 0. The molecule has 0 radical (unpaired) electrons. The highest BCUT2D eigenvalue weighted by molar-refractivity contribution is 5.58. The van der Waals surface area contributed by atoms with Gasteiger partial charge in [-0.15, -0.1) is 0 Å². The second-order valence-corrected chi connectivity index (χ2v) is 10.3. The molecule has 0 amide bonds. The van der Waals surface area contributed by atoms with Crippen LogP contribution in [0.1, 0.15) is 55.2 Å². The van der Waals surface area contributed by atoms with E-state index in [0.717, 1.165) is 12.3 Å². The highest BCUT2D eigenvalue weighted by atomic mass is 16.8. The Balaban J connectivity index is 1.37. The Morgan fingerprint density at radius 2 is 1.96 bits per heavy atom. The average Bonchev–Trinajstić information content (AvgIpc) is 3.26. The molecule has 0 aromatic heterocycles. The van der Waals surface area contributed by atoms with Crippen molar-refractivity contribution in [1.82, 2.24) is 4.90 Å². The third kappa shape index (κ3) is 1.88. The number of piperidine rings is 1. The monoisotopic (exact) mass is 381 g/mol. The number of likely N-dealkylation sites (tertiary alicyclic amines) is 1. The van der Waals surface area contributed by atoms with E-state index in [2.05, 4.69) is 24.0 Å². The number of rotatable bonds is 2. The number of aryl methyl sites for hydroxylation is 1. The minimum absolute atomic E-state index is 0.0322. The number of ether oxygens (including phenoxy) is 3. The third-order valence-corrected chi connectivity index (χ3v) is 9.14. The Labute approximate surface area is 167 Å². The van der Waals surface area contributed by atoms with Gasteiger partial charge in [0.2, 0.25) is 5.79 Å². The molecule has 6 aliphatic rings. The summed E-state index contributed by atoms with van der Waals surface area (Å²) in [6.45, 7) is 6.15. The fourth-order valence-electron chi connectivity index (χ4n) is 7.74. The van der Waals surface area contributed by atoms with Crippen LogP contribution in [-0.4, -0.2) is 49.1 Å². The van der Waals surface area contributed by atoms with Crippen LogP contribution in [-0.2, 0) is 21.3 Å². The average molecular weight is 382 g/mol. The number of hydrogen-bond acceptors (Lipinski definition) is 4. The van der Waals surface area contributed by atoms with Gasteiger partial charge in [-0.2, -0.15) is 0 Å². The molecule has 3 heterocycles. The summed E-state index contributed by atoms with van der Waals surface area (Å²) in [5.74, 6) is 2.27. The normalized spacial score (nSPS) is 40.2. The second-order valence-electron chi connectivity index (χ2n) is 10.3. The van der Waals surface area contributed by atoms with Crippen molar-refractivity contribution in [3.63, 3.8) is 0 Å². The molecule has 4 atom stereocenters. The van der Waals surface area contributed by atoms with Crippen molar-refractivity contribution >= 4 is 0 Å². The fourth-order valence-corrected chi connectivity index (χ4v) is 7.74. The van der Waals surface area contributed by atoms with E-state index in [4.69, 9.17) is 14.2 Å². The van der Waals surface area contributed by atoms with Gasteiger partial charge in [-0.25, -0.2) is 0 Å². The Kier molecular flexibility index (Phi) is 3.29. The van der Waals surface area contributed by atoms with Crippen molar-refractivity contribution in [3.05, 3.63) is 28.8 Å². The molecule has 28 heavy (non-hydrogen) atoms. The zero-order chi connectivity index (χ0) is 18.5. The molecule has 4 nitrogen and oxygen atoms in total.